The zero-order valence-corrected chi connectivity index (χ0v) is 9.40. The van der Waals surface area contributed by atoms with Crippen LogP contribution >= 0.6 is 0 Å². The molecule has 0 atom stereocenters. The van der Waals surface area contributed by atoms with Gasteiger partial charge in [0.2, 0.25) is 5.91 Å². The van der Waals surface area contributed by atoms with Gasteiger partial charge in [-0.15, -0.1) is 0 Å². The van der Waals surface area contributed by atoms with Crippen molar-refractivity contribution in [2.24, 2.45) is 5.73 Å². The van der Waals surface area contributed by atoms with Gasteiger partial charge in [0.05, 0.1) is 6.61 Å². The molecule has 0 rings (SSSR count). The topological polar surface area (TPSA) is 131 Å². The molecule has 3 amide bonds. The Morgan fingerprint density at radius 2 is 1.82 bits per heavy atom. The first kappa shape index (κ1) is 15.2. The van der Waals surface area contributed by atoms with Gasteiger partial charge >= 0.3 is 12.0 Å². The monoisotopic (exact) mass is 247 g/mol. The smallest absolute Gasteiger partial charge is 0.314 e. The van der Waals surface area contributed by atoms with Crippen molar-refractivity contribution in [3.8, 4) is 0 Å². The van der Waals surface area contributed by atoms with E-state index < -0.39 is 17.9 Å². The summed E-state index contributed by atoms with van der Waals surface area (Å²) in [6.45, 7) is 0.547. The van der Waals surface area contributed by atoms with Crippen LogP contribution in [0.25, 0.3) is 0 Å². The van der Waals surface area contributed by atoms with Gasteiger partial charge in [0, 0.05) is 19.5 Å². The molecule has 0 aliphatic heterocycles. The van der Waals surface area contributed by atoms with Crippen LogP contribution in [0.4, 0.5) is 4.79 Å². The van der Waals surface area contributed by atoms with Gasteiger partial charge in [-0.05, 0) is 6.42 Å². The molecule has 0 radical (unpaired) electrons. The van der Waals surface area contributed by atoms with E-state index in [1.807, 2.05) is 0 Å². The number of amides is 3. The molecule has 0 bridgehead atoms. The van der Waals surface area contributed by atoms with Crippen LogP contribution in [-0.2, 0) is 14.3 Å². The molecule has 0 aliphatic carbocycles. The summed E-state index contributed by atoms with van der Waals surface area (Å²) in [4.78, 5) is 31.5. The molecule has 0 saturated heterocycles. The molecular weight excluding hydrogens is 230 g/mol. The van der Waals surface area contributed by atoms with Crippen LogP contribution in [0.2, 0.25) is 0 Å². The van der Waals surface area contributed by atoms with E-state index in [0.717, 1.165) is 0 Å². The molecule has 0 aromatic rings. The highest BCUT2D eigenvalue weighted by Crippen LogP contribution is 1.85. The Balaban J connectivity index is 3.29. The van der Waals surface area contributed by atoms with Gasteiger partial charge in [0.25, 0.3) is 0 Å². The maximum absolute atomic E-state index is 11.1. The molecule has 8 heteroatoms. The summed E-state index contributed by atoms with van der Waals surface area (Å²) in [5.41, 5.74) is 4.83. The zero-order valence-electron chi connectivity index (χ0n) is 9.40. The van der Waals surface area contributed by atoms with E-state index in [-0.39, 0.29) is 26.2 Å². The Kier molecular flexibility index (Phi) is 8.39. The summed E-state index contributed by atoms with van der Waals surface area (Å²) in [5, 5.41) is 13.3. The molecular formula is C9H17N3O5. The first-order valence-corrected chi connectivity index (χ1v) is 5.12. The minimum atomic E-state index is -0.896. The predicted octanol–water partition coefficient (Wildman–Crippen LogP) is -1.35. The van der Waals surface area contributed by atoms with Crippen LogP contribution in [0, 0.1) is 0 Å². The lowest BCUT2D eigenvalue weighted by Crippen LogP contribution is -2.38. The van der Waals surface area contributed by atoms with Crippen LogP contribution in [-0.4, -0.2) is 49.3 Å². The maximum Gasteiger partial charge on any atom is 0.314 e. The summed E-state index contributed by atoms with van der Waals surface area (Å²) in [6, 6.07) is -0.405. The van der Waals surface area contributed by atoms with E-state index in [2.05, 4.69) is 10.6 Å². The lowest BCUT2D eigenvalue weighted by molar-refractivity contribution is -0.137. The molecule has 0 heterocycles. The number of primary amides is 1. The van der Waals surface area contributed by atoms with Crippen molar-refractivity contribution in [2.75, 3.05) is 26.3 Å². The Bertz CT molecular complexity index is 269. The molecule has 98 valence electrons. The molecule has 0 aromatic carbocycles. The first-order valence-electron chi connectivity index (χ1n) is 5.12. The quantitative estimate of drug-likeness (QED) is 0.374. The van der Waals surface area contributed by atoms with Crippen molar-refractivity contribution >= 4 is 17.9 Å². The van der Waals surface area contributed by atoms with Gasteiger partial charge in [-0.2, -0.15) is 0 Å². The van der Waals surface area contributed by atoms with Gasteiger partial charge in [-0.25, -0.2) is 4.79 Å². The summed E-state index contributed by atoms with van der Waals surface area (Å²) in [5.74, 6) is -1.46. The first-order chi connectivity index (χ1) is 8.02. The number of aliphatic carboxylic acids is 1. The number of urea groups is 1. The third-order valence-electron chi connectivity index (χ3n) is 1.63. The molecule has 0 saturated carbocycles. The third kappa shape index (κ3) is 12.1. The normalized spacial score (nSPS) is 9.65. The average Bonchev–Trinajstić information content (AvgIpc) is 2.23. The summed E-state index contributed by atoms with van der Waals surface area (Å²) < 4.78 is 4.81. The van der Waals surface area contributed by atoms with Crippen molar-refractivity contribution < 1.29 is 24.2 Å². The highest BCUT2D eigenvalue weighted by molar-refractivity contribution is 5.75. The SMILES string of the molecule is NC(=O)COCCNC(=O)NCCCC(=O)O. The van der Waals surface area contributed by atoms with Gasteiger partial charge in [-0.3, -0.25) is 9.59 Å². The van der Waals surface area contributed by atoms with Crippen LogP contribution in [0.5, 0.6) is 0 Å². The molecule has 8 nitrogen and oxygen atoms in total. The second-order valence-electron chi connectivity index (χ2n) is 3.20. The standard InChI is InChI=1S/C9H17N3O5/c10-7(13)6-17-5-4-12-9(16)11-3-1-2-8(14)15/h1-6H2,(H2,10,13)(H,14,15)(H2,11,12,16). The van der Waals surface area contributed by atoms with Gasteiger partial charge in [-0.1, -0.05) is 0 Å². The second kappa shape index (κ2) is 9.40. The molecule has 17 heavy (non-hydrogen) atoms. The van der Waals surface area contributed by atoms with Crippen molar-refractivity contribution in [2.45, 2.75) is 12.8 Å². The molecule has 0 spiro atoms. The van der Waals surface area contributed by atoms with Crippen molar-refractivity contribution in [3.63, 3.8) is 0 Å². The van der Waals surface area contributed by atoms with Crippen molar-refractivity contribution in [1.29, 1.82) is 0 Å². The van der Waals surface area contributed by atoms with Gasteiger partial charge in [0.1, 0.15) is 6.61 Å². The van der Waals surface area contributed by atoms with Gasteiger partial charge < -0.3 is 26.2 Å². The Morgan fingerprint density at radius 1 is 1.18 bits per heavy atom. The fraction of sp³-hybridized carbons (Fsp3) is 0.667. The van der Waals surface area contributed by atoms with Crippen LogP contribution in [0.15, 0.2) is 0 Å². The molecule has 0 fully saturated rings. The Labute approximate surface area is 98.5 Å². The fourth-order valence-corrected chi connectivity index (χ4v) is 0.914. The number of rotatable bonds is 9. The number of carbonyl (C=O) groups is 3. The number of nitrogens with one attached hydrogen (secondary N) is 2. The molecule has 0 aliphatic rings. The number of hydrogen-bond acceptors (Lipinski definition) is 4. The van der Waals surface area contributed by atoms with E-state index in [4.69, 9.17) is 15.6 Å². The second-order valence-corrected chi connectivity index (χ2v) is 3.20. The minimum Gasteiger partial charge on any atom is -0.481 e. The van der Waals surface area contributed by atoms with Crippen LogP contribution in [0.3, 0.4) is 0 Å². The molecule has 0 unspecified atom stereocenters. The summed E-state index contributed by atoms with van der Waals surface area (Å²) in [6.07, 6.45) is 0.392. The third-order valence-corrected chi connectivity index (χ3v) is 1.63. The maximum atomic E-state index is 11.1. The number of hydrogen-bond donors (Lipinski definition) is 4. The Morgan fingerprint density at radius 3 is 2.41 bits per heavy atom. The van der Waals surface area contributed by atoms with Crippen molar-refractivity contribution in [3.05, 3.63) is 0 Å². The van der Waals surface area contributed by atoms with Gasteiger partial charge in [0.15, 0.2) is 0 Å². The van der Waals surface area contributed by atoms with E-state index in [1.165, 1.54) is 0 Å². The number of ether oxygens (including phenoxy) is 1. The fourth-order valence-electron chi connectivity index (χ4n) is 0.914. The van der Waals surface area contributed by atoms with E-state index in [9.17, 15) is 14.4 Å². The van der Waals surface area contributed by atoms with E-state index >= 15 is 0 Å². The van der Waals surface area contributed by atoms with Crippen LogP contribution in [0.1, 0.15) is 12.8 Å². The number of carbonyl (C=O) groups excluding carboxylic acids is 2. The number of carboxylic acids is 1. The van der Waals surface area contributed by atoms with E-state index in [1.54, 1.807) is 0 Å². The number of nitrogens with two attached hydrogens (primary N) is 1. The summed E-state index contributed by atoms with van der Waals surface area (Å²) in [7, 11) is 0. The van der Waals surface area contributed by atoms with E-state index in [0.29, 0.717) is 13.0 Å². The van der Waals surface area contributed by atoms with Crippen molar-refractivity contribution in [1.82, 2.24) is 10.6 Å². The molecule has 5 N–H and O–H groups in total. The average molecular weight is 247 g/mol. The lowest BCUT2D eigenvalue weighted by atomic mass is 10.3. The zero-order chi connectivity index (χ0) is 13.1. The Hall–Kier alpha value is -1.83. The van der Waals surface area contributed by atoms with Crippen LogP contribution < -0.4 is 16.4 Å². The minimum absolute atomic E-state index is 0.0159. The highest BCUT2D eigenvalue weighted by atomic mass is 16.5. The largest absolute Gasteiger partial charge is 0.481 e. The highest BCUT2D eigenvalue weighted by Gasteiger charge is 2.00. The number of carboxylic acid groups (broad SMARTS) is 1. The lowest BCUT2D eigenvalue weighted by Gasteiger charge is -2.06. The molecule has 0 aromatic heterocycles. The summed E-state index contributed by atoms with van der Waals surface area (Å²) >= 11 is 0. The predicted molar refractivity (Wildman–Crippen MR) is 58.3 cm³/mol.